The van der Waals surface area contributed by atoms with E-state index in [9.17, 15) is 4.79 Å². The number of benzene rings is 1. The summed E-state index contributed by atoms with van der Waals surface area (Å²) in [5.74, 6) is 0.483. The number of hydrogen-bond acceptors (Lipinski definition) is 4. The first-order valence-electron chi connectivity index (χ1n) is 5.52. The van der Waals surface area contributed by atoms with Gasteiger partial charge in [-0.1, -0.05) is 35.5 Å². The van der Waals surface area contributed by atoms with Gasteiger partial charge in [0.25, 0.3) is 5.56 Å². The van der Waals surface area contributed by atoms with E-state index in [1.165, 1.54) is 6.07 Å². The van der Waals surface area contributed by atoms with Crippen LogP contribution in [0.15, 0.2) is 46.3 Å². The Morgan fingerprint density at radius 1 is 1.39 bits per heavy atom. The van der Waals surface area contributed by atoms with E-state index in [1.807, 2.05) is 30.3 Å². The van der Waals surface area contributed by atoms with Crippen LogP contribution in [0.4, 0.5) is 0 Å². The van der Waals surface area contributed by atoms with E-state index in [0.29, 0.717) is 17.2 Å². The topological polar surface area (TPSA) is 78.3 Å². The number of H-pyrrole nitrogens is 1. The molecule has 2 rings (SSSR count). The molecule has 1 aromatic heterocycles. The predicted molar refractivity (Wildman–Crippen MR) is 68.1 cm³/mol. The second kappa shape index (κ2) is 5.27. The van der Waals surface area contributed by atoms with Gasteiger partial charge in [0.2, 0.25) is 0 Å². The first kappa shape index (κ1) is 12.0. The van der Waals surface area contributed by atoms with Crippen LogP contribution in [0, 0.1) is 6.92 Å². The first-order chi connectivity index (χ1) is 8.69. The number of rotatable bonds is 3. The number of oxime groups is 1. The van der Waals surface area contributed by atoms with Crippen molar-refractivity contribution >= 4 is 5.71 Å². The summed E-state index contributed by atoms with van der Waals surface area (Å²) >= 11 is 0. The Labute approximate surface area is 104 Å². The van der Waals surface area contributed by atoms with Gasteiger partial charge in [0.05, 0.1) is 12.1 Å². The van der Waals surface area contributed by atoms with Gasteiger partial charge in [-0.2, -0.15) is 0 Å². The highest BCUT2D eigenvalue weighted by Crippen LogP contribution is 2.05. The fourth-order valence-electron chi connectivity index (χ4n) is 1.71. The molecule has 92 valence electrons. The van der Waals surface area contributed by atoms with E-state index in [0.717, 1.165) is 5.56 Å². The van der Waals surface area contributed by atoms with Gasteiger partial charge in [-0.15, -0.1) is 0 Å². The lowest BCUT2D eigenvalue weighted by Crippen LogP contribution is -2.15. The molecule has 0 radical (unpaired) electrons. The normalized spacial score (nSPS) is 11.5. The SMILES string of the molecule is Cc1cc(=O)[nH]c(CC(=NO)c2ccccc2)n1. The molecule has 2 N–H and O–H groups in total. The smallest absolute Gasteiger partial charge is 0.251 e. The molecule has 2 aromatic rings. The molecule has 0 unspecified atom stereocenters. The van der Waals surface area contributed by atoms with E-state index >= 15 is 0 Å². The molecule has 5 heteroatoms. The van der Waals surface area contributed by atoms with Crippen LogP contribution in [0.2, 0.25) is 0 Å². The summed E-state index contributed by atoms with van der Waals surface area (Å²) in [6.45, 7) is 1.75. The van der Waals surface area contributed by atoms with E-state index in [2.05, 4.69) is 15.1 Å². The summed E-state index contributed by atoms with van der Waals surface area (Å²) in [7, 11) is 0. The molecule has 0 atom stereocenters. The molecule has 0 aliphatic rings. The fourth-order valence-corrected chi connectivity index (χ4v) is 1.71. The van der Waals surface area contributed by atoms with Gasteiger partial charge in [0, 0.05) is 11.8 Å². The van der Waals surface area contributed by atoms with Crippen LogP contribution >= 0.6 is 0 Å². The van der Waals surface area contributed by atoms with E-state index in [-0.39, 0.29) is 12.0 Å². The maximum absolute atomic E-state index is 11.3. The van der Waals surface area contributed by atoms with Crippen molar-refractivity contribution in [1.82, 2.24) is 9.97 Å². The third-order valence-corrected chi connectivity index (χ3v) is 2.48. The summed E-state index contributed by atoms with van der Waals surface area (Å²) in [5.41, 5.74) is 1.69. The second-order valence-corrected chi connectivity index (χ2v) is 3.92. The van der Waals surface area contributed by atoms with E-state index < -0.39 is 0 Å². The summed E-state index contributed by atoms with van der Waals surface area (Å²) in [4.78, 5) is 18.1. The van der Waals surface area contributed by atoms with Gasteiger partial charge in [-0.25, -0.2) is 4.98 Å². The van der Waals surface area contributed by atoms with Gasteiger partial charge in [-0.3, -0.25) is 4.79 Å². The van der Waals surface area contributed by atoms with Gasteiger partial charge in [-0.05, 0) is 12.5 Å². The third kappa shape index (κ3) is 2.82. The molecule has 0 saturated heterocycles. The number of aryl methyl sites for hydroxylation is 1. The number of nitrogens with one attached hydrogen (secondary N) is 1. The van der Waals surface area contributed by atoms with Gasteiger partial charge in [0.1, 0.15) is 5.82 Å². The van der Waals surface area contributed by atoms with Crippen LogP contribution in [0.5, 0.6) is 0 Å². The molecule has 0 fully saturated rings. The fraction of sp³-hybridized carbons (Fsp3) is 0.154. The highest BCUT2D eigenvalue weighted by atomic mass is 16.4. The number of hydrogen-bond donors (Lipinski definition) is 2. The van der Waals surface area contributed by atoms with Crippen molar-refractivity contribution in [2.75, 3.05) is 0 Å². The van der Waals surface area contributed by atoms with Crippen molar-refractivity contribution < 1.29 is 5.21 Å². The Kier molecular flexibility index (Phi) is 3.52. The Bertz CT molecular complexity index is 618. The first-order valence-corrected chi connectivity index (χ1v) is 5.52. The van der Waals surface area contributed by atoms with Crippen LogP contribution in [-0.2, 0) is 6.42 Å². The van der Waals surface area contributed by atoms with Crippen LogP contribution < -0.4 is 5.56 Å². The molecule has 0 bridgehead atoms. The van der Waals surface area contributed by atoms with Crippen LogP contribution in [0.3, 0.4) is 0 Å². The molecule has 0 aliphatic carbocycles. The zero-order valence-electron chi connectivity index (χ0n) is 9.92. The minimum absolute atomic E-state index is 0.206. The van der Waals surface area contributed by atoms with Crippen LogP contribution in [0.1, 0.15) is 17.1 Å². The molecule has 0 spiro atoms. The second-order valence-electron chi connectivity index (χ2n) is 3.92. The minimum Gasteiger partial charge on any atom is -0.411 e. The largest absolute Gasteiger partial charge is 0.411 e. The summed E-state index contributed by atoms with van der Waals surface area (Å²) in [5, 5.41) is 12.3. The van der Waals surface area contributed by atoms with Crippen molar-refractivity contribution in [1.29, 1.82) is 0 Å². The molecule has 0 amide bonds. The Balaban J connectivity index is 2.30. The zero-order valence-corrected chi connectivity index (χ0v) is 9.92. The van der Waals surface area contributed by atoms with Gasteiger partial charge in [0.15, 0.2) is 0 Å². The average molecular weight is 243 g/mol. The molecule has 0 aliphatic heterocycles. The summed E-state index contributed by atoms with van der Waals surface area (Å²) in [6, 6.07) is 10.7. The van der Waals surface area contributed by atoms with Gasteiger partial charge < -0.3 is 10.2 Å². The number of aromatic amines is 1. The Morgan fingerprint density at radius 2 is 2.11 bits per heavy atom. The summed E-state index contributed by atoms with van der Waals surface area (Å²) < 4.78 is 0. The maximum Gasteiger partial charge on any atom is 0.251 e. The molecule has 0 saturated carbocycles. The van der Waals surface area contributed by atoms with Crippen molar-refractivity contribution in [3.63, 3.8) is 0 Å². The third-order valence-electron chi connectivity index (χ3n) is 2.48. The molecular weight excluding hydrogens is 230 g/mol. The molecule has 1 aromatic carbocycles. The Hall–Kier alpha value is -2.43. The van der Waals surface area contributed by atoms with E-state index in [1.54, 1.807) is 6.92 Å². The van der Waals surface area contributed by atoms with Crippen molar-refractivity contribution in [3.05, 3.63) is 63.8 Å². The van der Waals surface area contributed by atoms with E-state index in [4.69, 9.17) is 5.21 Å². The lowest BCUT2D eigenvalue weighted by Gasteiger charge is -2.04. The van der Waals surface area contributed by atoms with Gasteiger partial charge >= 0.3 is 0 Å². The number of aromatic nitrogens is 2. The molecular formula is C13H13N3O2. The van der Waals surface area contributed by atoms with Crippen molar-refractivity contribution in [2.24, 2.45) is 5.16 Å². The highest BCUT2D eigenvalue weighted by Gasteiger charge is 2.07. The average Bonchev–Trinajstić information content (AvgIpc) is 2.36. The minimum atomic E-state index is -0.206. The molecule has 5 nitrogen and oxygen atoms in total. The molecule has 1 heterocycles. The highest BCUT2D eigenvalue weighted by molar-refractivity contribution is 6.01. The monoisotopic (exact) mass is 243 g/mol. The van der Waals surface area contributed by atoms with Crippen LogP contribution in [-0.4, -0.2) is 20.9 Å². The maximum atomic E-state index is 11.3. The zero-order chi connectivity index (χ0) is 13.0. The van der Waals surface area contributed by atoms with Crippen LogP contribution in [0.25, 0.3) is 0 Å². The predicted octanol–water partition coefficient (Wildman–Crippen LogP) is 1.50. The lowest BCUT2D eigenvalue weighted by molar-refractivity contribution is 0.318. The quantitative estimate of drug-likeness (QED) is 0.487. The van der Waals surface area contributed by atoms with Crippen molar-refractivity contribution in [3.8, 4) is 0 Å². The summed E-state index contributed by atoms with van der Waals surface area (Å²) in [6.07, 6.45) is 0.275. The molecule has 18 heavy (non-hydrogen) atoms. The Morgan fingerprint density at radius 3 is 2.72 bits per heavy atom. The lowest BCUT2D eigenvalue weighted by atomic mass is 10.1. The standard InChI is InChI=1S/C13H13N3O2/c1-9-7-13(17)15-12(14-9)8-11(16-18)10-5-3-2-4-6-10/h2-7,18H,8H2,1H3,(H,14,15,17). The van der Waals surface area contributed by atoms with Crippen molar-refractivity contribution in [2.45, 2.75) is 13.3 Å². The number of nitrogens with zero attached hydrogens (tertiary/aromatic N) is 2.